The number of phenolic OH excluding ortho intramolecular Hbond substituents is 1. The second-order valence-corrected chi connectivity index (χ2v) is 4.58. The first kappa shape index (κ1) is 16.1. The third-order valence-electron chi connectivity index (χ3n) is 3.08. The number of pyridine rings is 1. The molecule has 1 aromatic heterocycles. The van der Waals surface area contributed by atoms with E-state index in [1.165, 1.54) is 18.2 Å². The minimum Gasteiger partial charge on any atom is -0.502 e. The summed E-state index contributed by atoms with van der Waals surface area (Å²) in [5, 5.41) is 24.1. The summed E-state index contributed by atoms with van der Waals surface area (Å²) in [5.74, 6) is -1.03. The van der Waals surface area contributed by atoms with E-state index >= 15 is 0 Å². The number of benzene rings is 1. The number of nitro groups is 1. The Hall–Kier alpha value is -3.29. The SMILES string of the molecule is CCc1ccc(C(=O)N/N=C/c2cccc([N+](=O)[O-])c2O)nc1. The Morgan fingerprint density at radius 1 is 1.43 bits per heavy atom. The minimum absolute atomic E-state index is 0.119. The fraction of sp³-hybridized carbons (Fsp3) is 0.133. The number of hydrazone groups is 1. The van der Waals surface area contributed by atoms with Crippen LogP contribution in [0.1, 0.15) is 28.5 Å². The third kappa shape index (κ3) is 3.88. The molecule has 8 nitrogen and oxygen atoms in total. The van der Waals surface area contributed by atoms with E-state index < -0.39 is 22.3 Å². The molecule has 1 aromatic carbocycles. The average Bonchev–Trinajstić information content (AvgIpc) is 2.56. The van der Waals surface area contributed by atoms with Crippen LogP contribution in [-0.4, -0.2) is 27.1 Å². The van der Waals surface area contributed by atoms with Crippen LogP contribution < -0.4 is 5.43 Å². The number of rotatable bonds is 5. The van der Waals surface area contributed by atoms with E-state index in [2.05, 4.69) is 15.5 Å². The summed E-state index contributed by atoms with van der Waals surface area (Å²) in [4.78, 5) is 25.9. The zero-order chi connectivity index (χ0) is 16.8. The first-order chi connectivity index (χ1) is 11.0. The van der Waals surface area contributed by atoms with Crippen molar-refractivity contribution in [3.05, 3.63) is 63.5 Å². The molecule has 0 aliphatic heterocycles. The number of nitrogens with zero attached hydrogens (tertiary/aromatic N) is 3. The molecule has 23 heavy (non-hydrogen) atoms. The monoisotopic (exact) mass is 314 g/mol. The molecular formula is C15H14N4O4. The number of para-hydroxylation sites is 1. The lowest BCUT2D eigenvalue weighted by molar-refractivity contribution is -0.385. The molecule has 0 spiro atoms. The van der Waals surface area contributed by atoms with Gasteiger partial charge in [-0.2, -0.15) is 5.10 Å². The summed E-state index contributed by atoms with van der Waals surface area (Å²) in [6, 6.07) is 7.38. The Kier molecular flexibility index (Phi) is 4.98. The van der Waals surface area contributed by atoms with Crippen LogP contribution in [0.15, 0.2) is 41.6 Å². The molecule has 1 amide bonds. The number of hydrogen-bond donors (Lipinski definition) is 2. The van der Waals surface area contributed by atoms with Gasteiger partial charge in [-0.25, -0.2) is 5.43 Å². The predicted molar refractivity (Wildman–Crippen MR) is 83.4 cm³/mol. The van der Waals surface area contributed by atoms with E-state index in [1.54, 1.807) is 18.3 Å². The number of aromatic hydroxyl groups is 1. The number of aromatic nitrogens is 1. The molecule has 2 N–H and O–H groups in total. The Bertz CT molecular complexity index is 757. The van der Waals surface area contributed by atoms with E-state index in [1.807, 2.05) is 6.92 Å². The first-order valence-electron chi connectivity index (χ1n) is 6.77. The molecule has 0 saturated heterocycles. The molecule has 0 aliphatic rings. The molecule has 2 aromatic rings. The standard InChI is InChI=1S/C15H14N4O4/c1-2-10-6-7-12(16-8-10)15(21)18-17-9-11-4-3-5-13(14(11)20)19(22)23/h3-9,20H,2H2,1H3,(H,18,21)/b17-9+. The third-order valence-corrected chi connectivity index (χ3v) is 3.08. The van der Waals surface area contributed by atoms with Crippen molar-refractivity contribution in [2.75, 3.05) is 0 Å². The summed E-state index contributed by atoms with van der Waals surface area (Å²) in [6.45, 7) is 1.98. The number of nitrogens with one attached hydrogen (secondary N) is 1. The van der Waals surface area contributed by atoms with Crippen LogP contribution in [0.2, 0.25) is 0 Å². The van der Waals surface area contributed by atoms with Gasteiger partial charge in [0.1, 0.15) is 5.69 Å². The highest BCUT2D eigenvalue weighted by molar-refractivity contribution is 5.93. The van der Waals surface area contributed by atoms with Gasteiger partial charge in [0.25, 0.3) is 5.91 Å². The Morgan fingerprint density at radius 3 is 2.83 bits per heavy atom. The lowest BCUT2D eigenvalue weighted by Crippen LogP contribution is -2.19. The molecule has 0 radical (unpaired) electrons. The topological polar surface area (TPSA) is 118 Å². The molecule has 2 rings (SSSR count). The summed E-state index contributed by atoms with van der Waals surface area (Å²) in [7, 11) is 0. The number of phenols is 1. The van der Waals surface area contributed by atoms with Gasteiger partial charge in [0.2, 0.25) is 5.75 Å². The molecule has 118 valence electrons. The quantitative estimate of drug-likeness (QED) is 0.497. The van der Waals surface area contributed by atoms with Gasteiger partial charge in [-0.1, -0.05) is 19.1 Å². The first-order valence-corrected chi connectivity index (χ1v) is 6.77. The van der Waals surface area contributed by atoms with Crippen LogP contribution in [0.25, 0.3) is 0 Å². The van der Waals surface area contributed by atoms with Crippen molar-refractivity contribution in [1.82, 2.24) is 10.4 Å². The largest absolute Gasteiger partial charge is 0.502 e. The predicted octanol–water partition coefficient (Wildman–Crippen LogP) is 2.02. The van der Waals surface area contributed by atoms with Crippen molar-refractivity contribution in [3.8, 4) is 5.75 Å². The minimum atomic E-state index is -0.704. The summed E-state index contributed by atoms with van der Waals surface area (Å²) >= 11 is 0. The lowest BCUT2D eigenvalue weighted by atomic mass is 10.2. The molecule has 0 bridgehead atoms. The number of amides is 1. The van der Waals surface area contributed by atoms with Gasteiger partial charge in [0.15, 0.2) is 0 Å². The second-order valence-electron chi connectivity index (χ2n) is 4.58. The van der Waals surface area contributed by atoms with Crippen LogP contribution in [-0.2, 0) is 6.42 Å². The van der Waals surface area contributed by atoms with E-state index in [0.717, 1.165) is 18.2 Å². The van der Waals surface area contributed by atoms with Crippen LogP contribution in [0.4, 0.5) is 5.69 Å². The van der Waals surface area contributed by atoms with E-state index in [-0.39, 0.29) is 11.3 Å². The number of carbonyl (C=O) groups is 1. The highest BCUT2D eigenvalue weighted by Gasteiger charge is 2.15. The summed E-state index contributed by atoms with van der Waals surface area (Å²) in [6.07, 6.45) is 3.55. The Balaban J connectivity index is 2.08. The molecular weight excluding hydrogens is 300 g/mol. The van der Waals surface area contributed by atoms with Gasteiger partial charge in [-0.3, -0.25) is 19.9 Å². The van der Waals surface area contributed by atoms with Gasteiger partial charge in [-0.15, -0.1) is 0 Å². The maximum absolute atomic E-state index is 11.8. The van der Waals surface area contributed by atoms with Crippen LogP contribution in [0.5, 0.6) is 5.75 Å². The van der Waals surface area contributed by atoms with Crippen molar-refractivity contribution < 1.29 is 14.8 Å². The molecule has 1 heterocycles. The molecule has 0 atom stereocenters. The fourth-order valence-electron chi connectivity index (χ4n) is 1.79. The molecule has 0 unspecified atom stereocenters. The number of hydrogen-bond acceptors (Lipinski definition) is 6. The van der Waals surface area contributed by atoms with Crippen molar-refractivity contribution in [1.29, 1.82) is 0 Å². The van der Waals surface area contributed by atoms with Gasteiger partial charge in [-0.05, 0) is 24.1 Å². The van der Waals surface area contributed by atoms with Crippen molar-refractivity contribution >= 4 is 17.8 Å². The highest BCUT2D eigenvalue weighted by Crippen LogP contribution is 2.27. The zero-order valence-electron chi connectivity index (χ0n) is 12.3. The number of nitro benzene ring substituents is 1. The second kappa shape index (κ2) is 7.12. The van der Waals surface area contributed by atoms with E-state index in [4.69, 9.17) is 0 Å². The number of aryl methyl sites for hydroxylation is 1. The van der Waals surface area contributed by atoms with Gasteiger partial charge in [0, 0.05) is 17.8 Å². The van der Waals surface area contributed by atoms with Gasteiger partial charge in [0.05, 0.1) is 11.1 Å². The zero-order valence-corrected chi connectivity index (χ0v) is 12.3. The number of carbonyl (C=O) groups excluding carboxylic acids is 1. The average molecular weight is 314 g/mol. The fourth-order valence-corrected chi connectivity index (χ4v) is 1.79. The molecule has 0 saturated carbocycles. The van der Waals surface area contributed by atoms with Crippen molar-refractivity contribution in [3.63, 3.8) is 0 Å². The summed E-state index contributed by atoms with van der Waals surface area (Å²) < 4.78 is 0. The van der Waals surface area contributed by atoms with Crippen LogP contribution >= 0.6 is 0 Å². The maximum Gasteiger partial charge on any atom is 0.311 e. The Morgan fingerprint density at radius 2 is 2.22 bits per heavy atom. The van der Waals surface area contributed by atoms with Crippen LogP contribution in [0.3, 0.4) is 0 Å². The van der Waals surface area contributed by atoms with Gasteiger partial charge < -0.3 is 5.11 Å². The van der Waals surface area contributed by atoms with Crippen molar-refractivity contribution in [2.24, 2.45) is 5.10 Å². The van der Waals surface area contributed by atoms with Crippen LogP contribution in [0, 0.1) is 10.1 Å². The van der Waals surface area contributed by atoms with Gasteiger partial charge >= 0.3 is 5.69 Å². The normalized spacial score (nSPS) is 10.7. The van der Waals surface area contributed by atoms with Crippen molar-refractivity contribution in [2.45, 2.75) is 13.3 Å². The lowest BCUT2D eigenvalue weighted by Gasteiger charge is -2.01. The molecule has 8 heteroatoms. The summed E-state index contributed by atoms with van der Waals surface area (Å²) in [5.41, 5.74) is 3.14. The van der Waals surface area contributed by atoms with E-state index in [0.29, 0.717) is 0 Å². The smallest absolute Gasteiger partial charge is 0.311 e. The molecule has 0 aliphatic carbocycles. The Labute approximate surface area is 131 Å². The van der Waals surface area contributed by atoms with E-state index in [9.17, 15) is 20.0 Å². The maximum atomic E-state index is 11.8. The molecule has 0 fully saturated rings. The highest BCUT2D eigenvalue weighted by atomic mass is 16.6.